The summed E-state index contributed by atoms with van der Waals surface area (Å²) in [7, 11) is 0. The van der Waals surface area contributed by atoms with Crippen molar-refractivity contribution >= 4 is 28.3 Å². The molecular formula is C19H22N8. The molecule has 1 aliphatic rings. The maximum atomic E-state index is 4.75. The molecule has 27 heavy (non-hydrogen) atoms. The average molecular weight is 362 g/mol. The Hall–Kier alpha value is -3.03. The van der Waals surface area contributed by atoms with Crippen molar-refractivity contribution in [3.8, 4) is 0 Å². The number of aryl methyl sites for hydroxylation is 3. The molecule has 4 aromatic rings. The lowest BCUT2D eigenvalue weighted by molar-refractivity contribution is 0.543. The molecule has 0 aliphatic heterocycles. The Bertz CT molecular complexity index is 1120. The van der Waals surface area contributed by atoms with Crippen LogP contribution < -0.4 is 5.32 Å². The molecule has 0 bridgehead atoms. The Balaban J connectivity index is 1.44. The zero-order chi connectivity index (χ0) is 18.4. The lowest BCUT2D eigenvalue weighted by Gasteiger charge is -2.09. The van der Waals surface area contributed by atoms with Crippen LogP contribution in [0.4, 0.5) is 11.6 Å². The normalized spacial score (nSPS) is 14.3. The number of hydrogen-bond acceptors (Lipinski definition) is 6. The summed E-state index contributed by atoms with van der Waals surface area (Å²) in [4.78, 5) is 13.4. The monoisotopic (exact) mass is 362 g/mol. The molecule has 5 rings (SSSR count). The number of anilines is 2. The third-order valence-electron chi connectivity index (χ3n) is 5.22. The van der Waals surface area contributed by atoms with Crippen molar-refractivity contribution in [3.05, 3.63) is 36.0 Å². The number of rotatable bonds is 6. The van der Waals surface area contributed by atoms with Gasteiger partial charge in [-0.25, -0.2) is 19.2 Å². The highest BCUT2D eigenvalue weighted by molar-refractivity contribution is 5.78. The van der Waals surface area contributed by atoms with Gasteiger partial charge in [0.25, 0.3) is 0 Å². The lowest BCUT2D eigenvalue weighted by atomic mass is 10.2. The van der Waals surface area contributed by atoms with E-state index < -0.39 is 0 Å². The van der Waals surface area contributed by atoms with Crippen molar-refractivity contribution in [2.75, 3.05) is 5.32 Å². The van der Waals surface area contributed by atoms with E-state index >= 15 is 0 Å². The van der Waals surface area contributed by atoms with Gasteiger partial charge in [-0.15, -0.1) is 0 Å². The molecule has 1 fully saturated rings. The van der Waals surface area contributed by atoms with Crippen LogP contribution in [-0.4, -0.2) is 34.3 Å². The molecule has 8 heteroatoms. The molecular weight excluding hydrogens is 340 g/mol. The number of hydrogen-bond donors (Lipinski definition) is 1. The Morgan fingerprint density at radius 3 is 2.96 bits per heavy atom. The second-order valence-electron chi connectivity index (χ2n) is 7.38. The van der Waals surface area contributed by atoms with Crippen molar-refractivity contribution < 1.29 is 0 Å². The van der Waals surface area contributed by atoms with Crippen LogP contribution in [0, 0.1) is 19.8 Å². The first-order valence-electron chi connectivity index (χ1n) is 9.44. The Labute approximate surface area is 156 Å². The van der Waals surface area contributed by atoms with Crippen LogP contribution in [0.15, 0.2) is 24.8 Å². The van der Waals surface area contributed by atoms with E-state index in [4.69, 9.17) is 4.98 Å². The first kappa shape index (κ1) is 16.2. The van der Waals surface area contributed by atoms with Crippen molar-refractivity contribution in [1.82, 2.24) is 34.3 Å². The molecule has 4 aromatic heterocycles. The molecule has 0 amide bonds. The Morgan fingerprint density at radius 2 is 2.11 bits per heavy atom. The third kappa shape index (κ3) is 3.11. The van der Waals surface area contributed by atoms with Gasteiger partial charge < -0.3 is 5.32 Å². The standard InChI is InChI=1S/C19H22N8/c1-12-8-17-21-11-22-27(17)10-16(12)23-19-20-9-15-13(2)25-26(18(15)24-19)7-3-4-14-5-6-14/h8-11,14H,3-7H2,1-2H3,(H,20,23,24). The van der Waals surface area contributed by atoms with E-state index in [1.54, 1.807) is 10.8 Å². The highest BCUT2D eigenvalue weighted by Gasteiger charge is 2.20. The largest absolute Gasteiger partial charge is 0.323 e. The minimum Gasteiger partial charge on any atom is -0.323 e. The molecule has 0 unspecified atom stereocenters. The fourth-order valence-electron chi connectivity index (χ4n) is 3.47. The van der Waals surface area contributed by atoms with Gasteiger partial charge in [0.15, 0.2) is 11.3 Å². The summed E-state index contributed by atoms with van der Waals surface area (Å²) in [6.07, 6.45) is 10.5. The predicted molar refractivity (Wildman–Crippen MR) is 103 cm³/mol. The maximum absolute atomic E-state index is 4.75. The quantitative estimate of drug-likeness (QED) is 0.566. The van der Waals surface area contributed by atoms with E-state index in [-0.39, 0.29) is 0 Å². The molecule has 0 radical (unpaired) electrons. The number of aromatic nitrogens is 7. The van der Waals surface area contributed by atoms with Gasteiger partial charge in [-0.05, 0) is 44.2 Å². The number of fused-ring (bicyclic) bond motifs is 2. The fourth-order valence-corrected chi connectivity index (χ4v) is 3.47. The van der Waals surface area contributed by atoms with Gasteiger partial charge >= 0.3 is 0 Å². The molecule has 138 valence electrons. The van der Waals surface area contributed by atoms with E-state index in [1.807, 2.05) is 37.0 Å². The van der Waals surface area contributed by atoms with Gasteiger partial charge in [-0.3, -0.25) is 0 Å². The zero-order valence-corrected chi connectivity index (χ0v) is 15.6. The highest BCUT2D eigenvalue weighted by atomic mass is 15.3. The minimum atomic E-state index is 0.563. The summed E-state index contributed by atoms with van der Waals surface area (Å²) in [5.41, 5.74) is 4.65. The van der Waals surface area contributed by atoms with Crippen LogP contribution in [0.3, 0.4) is 0 Å². The molecule has 1 aliphatic carbocycles. The number of pyridine rings is 1. The average Bonchev–Trinajstić information content (AvgIpc) is 3.29. The highest BCUT2D eigenvalue weighted by Crippen LogP contribution is 2.33. The van der Waals surface area contributed by atoms with Gasteiger partial charge in [0, 0.05) is 12.7 Å². The summed E-state index contributed by atoms with van der Waals surface area (Å²) >= 11 is 0. The maximum Gasteiger partial charge on any atom is 0.229 e. The minimum absolute atomic E-state index is 0.563. The van der Waals surface area contributed by atoms with E-state index in [0.29, 0.717) is 5.95 Å². The second kappa shape index (κ2) is 6.29. The van der Waals surface area contributed by atoms with Gasteiger partial charge in [-0.1, -0.05) is 12.8 Å². The molecule has 1 N–H and O–H groups in total. The second-order valence-corrected chi connectivity index (χ2v) is 7.38. The SMILES string of the molecule is Cc1cc2ncnn2cc1Nc1ncc2c(C)nn(CCCC3CC3)c2n1. The lowest BCUT2D eigenvalue weighted by Crippen LogP contribution is -2.05. The first-order chi connectivity index (χ1) is 13.2. The molecule has 8 nitrogen and oxygen atoms in total. The molecule has 0 spiro atoms. The van der Waals surface area contributed by atoms with Gasteiger partial charge in [0.05, 0.1) is 23.0 Å². The Morgan fingerprint density at radius 1 is 1.22 bits per heavy atom. The third-order valence-corrected chi connectivity index (χ3v) is 5.22. The van der Waals surface area contributed by atoms with E-state index in [9.17, 15) is 0 Å². The van der Waals surface area contributed by atoms with Crippen LogP contribution in [0.1, 0.15) is 36.9 Å². The molecule has 1 saturated carbocycles. The fraction of sp³-hybridized carbons (Fsp3) is 0.421. The topological polar surface area (TPSA) is 85.8 Å². The molecule has 4 heterocycles. The van der Waals surface area contributed by atoms with Crippen molar-refractivity contribution in [2.24, 2.45) is 5.92 Å². The predicted octanol–water partition coefficient (Wildman–Crippen LogP) is 3.42. The molecule has 0 saturated heterocycles. The summed E-state index contributed by atoms with van der Waals surface area (Å²) in [5.74, 6) is 1.50. The van der Waals surface area contributed by atoms with Crippen molar-refractivity contribution in [2.45, 2.75) is 46.1 Å². The number of nitrogens with zero attached hydrogens (tertiary/aromatic N) is 7. The first-order valence-corrected chi connectivity index (χ1v) is 9.44. The van der Waals surface area contributed by atoms with Crippen molar-refractivity contribution in [1.29, 1.82) is 0 Å². The summed E-state index contributed by atoms with van der Waals surface area (Å²) in [6.45, 7) is 4.95. The summed E-state index contributed by atoms with van der Waals surface area (Å²) in [6, 6.07) is 1.99. The van der Waals surface area contributed by atoms with E-state index in [0.717, 1.165) is 52.5 Å². The zero-order valence-electron chi connectivity index (χ0n) is 15.6. The van der Waals surface area contributed by atoms with E-state index in [1.165, 1.54) is 19.3 Å². The number of nitrogens with one attached hydrogen (secondary N) is 1. The Kier molecular flexibility index (Phi) is 3.77. The van der Waals surface area contributed by atoms with Crippen molar-refractivity contribution in [3.63, 3.8) is 0 Å². The van der Waals surface area contributed by atoms with Crippen LogP contribution in [0.2, 0.25) is 0 Å². The summed E-state index contributed by atoms with van der Waals surface area (Å²) in [5, 5.41) is 13.2. The van der Waals surface area contributed by atoms with Gasteiger partial charge in [0.2, 0.25) is 5.95 Å². The van der Waals surface area contributed by atoms with Gasteiger partial charge in [-0.2, -0.15) is 15.2 Å². The van der Waals surface area contributed by atoms with Crippen LogP contribution in [0.5, 0.6) is 0 Å². The molecule has 0 atom stereocenters. The molecule has 0 aromatic carbocycles. The van der Waals surface area contributed by atoms with Crippen LogP contribution >= 0.6 is 0 Å². The van der Waals surface area contributed by atoms with Crippen LogP contribution in [-0.2, 0) is 6.54 Å². The summed E-state index contributed by atoms with van der Waals surface area (Å²) < 4.78 is 3.76. The smallest absolute Gasteiger partial charge is 0.229 e. The van der Waals surface area contributed by atoms with E-state index in [2.05, 4.69) is 25.5 Å². The van der Waals surface area contributed by atoms with Gasteiger partial charge in [0.1, 0.15) is 6.33 Å². The van der Waals surface area contributed by atoms with Crippen LogP contribution in [0.25, 0.3) is 16.7 Å².